The monoisotopic (exact) mass is 354 g/mol. The van der Waals surface area contributed by atoms with Crippen LogP contribution < -0.4 is 4.90 Å². The number of fused-ring (bicyclic) bond motifs is 1. The van der Waals surface area contributed by atoms with Crippen molar-refractivity contribution in [3.63, 3.8) is 0 Å². The molecule has 0 aromatic carbocycles. The molecule has 26 heavy (non-hydrogen) atoms. The van der Waals surface area contributed by atoms with Gasteiger partial charge in [-0.3, -0.25) is 4.79 Å². The van der Waals surface area contributed by atoms with E-state index in [1.54, 1.807) is 11.2 Å². The van der Waals surface area contributed by atoms with Crippen LogP contribution in [0, 0.1) is 23.2 Å². The number of aromatic amines is 1. The van der Waals surface area contributed by atoms with Gasteiger partial charge in [0.15, 0.2) is 5.92 Å². The first-order chi connectivity index (χ1) is 12.5. The predicted molar refractivity (Wildman–Crippen MR) is 95.1 cm³/mol. The Labute approximate surface area is 151 Å². The maximum atomic E-state index is 12.8. The Morgan fingerprint density at radius 2 is 2.35 bits per heavy atom. The lowest BCUT2D eigenvalue weighted by Crippen LogP contribution is -2.70. The number of aromatic nitrogens is 3. The van der Waals surface area contributed by atoms with Gasteiger partial charge in [0.25, 0.3) is 0 Å². The van der Waals surface area contributed by atoms with Crippen LogP contribution in [-0.4, -0.2) is 62.1 Å². The van der Waals surface area contributed by atoms with Gasteiger partial charge in [0.2, 0.25) is 5.91 Å². The molecule has 4 atom stereocenters. The number of nitriles is 1. The molecular weight excluding hydrogens is 332 g/mol. The van der Waals surface area contributed by atoms with Crippen molar-refractivity contribution in [2.45, 2.75) is 31.9 Å². The number of aliphatic hydroxyl groups is 1. The zero-order chi connectivity index (χ0) is 18.5. The summed E-state index contributed by atoms with van der Waals surface area (Å²) in [6.07, 6.45) is 3.25. The Balaban J connectivity index is 1.61. The number of carbonyl (C=O) groups is 1. The number of carbonyl (C=O) groups excluding carboxylic acids is 1. The Bertz CT molecular complexity index is 887. The number of rotatable bonds is 3. The maximum Gasteiger partial charge on any atom is 0.243 e. The van der Waals surface area contributed by atoms with Crippen molar-refractivity contribution in [2.24, 2.45) is 11.8 Å². The molecule has 1 amide bonds. The van der Waals surface area contributed by atoms with E-state index in [9.17, 15) is 15.2 Å². The summed E-state index contributed by atoms with van der Waals surface area (Å²) < 4.78 is 0. The number of amides is 1. The number of H-pyrrole nitrogens is 1. The summed E-state index contributed by atoms with van der Waals surface area (Å²) in [5, 5.41) is 20.0. The second-order valence-electron chi connectivity index (χ2n) is 7.41. The van der Waals surface area contributed by atoms with Crippen LogP contribution in [0.5, 0.6) is 0 Å². The highest BCUT2D eigenvalue weighted by Gasteiger charge is 2.57. The fourth-order valence-corrected chi connectivity index (χ4v) is 4.36. The van der Waals surface area contributed by atoms with E-state index in [-0.39, 0.29) is 11.4 Å². The molecule has 8 heteroatoms. The second-order valence-corrected chi connectivity index (χ2v) is 7.41. The van der Waals surface area contributed by atoms with Crippen molar-refractivity contribution < 1.29 is 9.90 Å². The highest BCUT2D eigenvalue weighted by Crippen LogP contribution is 2.45. The molecule has 8 nitrogen and oxygen atoms in total. The minimum atomic E-state index is -1.01. The van der Waals surface area contributed by atoms with Gasteiger partial charge in [-0.1, -0.05) is 6.92 Å². The lowest BCUT2D eigenvalue weighted by molar-refractivity contribution is -0.159. The van der Waals surface area contributed by atoms with Gasteiger partial charge in [-0.2, -0.15) is 5.26 Å². The molecule has 2 aliphatic heterocycles. The normalized spacial score (nSPS) is 27.4. The van der Waals surface area contributed by atoms with Crippen LogP contribution >= 0.6 is 0 Å². The van der Waals surface area contributed by atoms with E-state index in [4.69, 9.17) is 0 Å². The highest BCUT2D eigenvalue weighted by atomic mass is 16.3. The minimum Gasteiger partial charge on any atom is -0.391 e. The lowest BCUT2D eigenvalue weighted by atomic mass is 9.73. The van der Waals surface area contributed by atoms with E-state index in [0.717, 1.165) is 29.8 Å². The molecule has 2 fully saturated rings. The number of hydrogen-bond donors (Lipinski definition) is 2. The largest absolute Gasteiger partial charge is 0.391 e. The molecule has 2 saturated heterocycles. The average molecular weight is 354 g/mol. The first-order valence-corrected chi connectivity index (χ1v) is 8.90. The van der Waals surface area contributed by atoms with Crippen LogP contribution in [0.3, 0.4) is 0 Å². The molecule has 2 aromatic heterocycles. The number of likely N-dealkylation sites (tertiary alicyclic amines) is 1. The van der Waals surface area contributed by atoms with Crippen molar-refractivity contribution >= 4 is 22.8 Å². The van der Waals surface area contributed by atoms with E-state index in [1.165, 1.54) is 6.92 Å². The molecule has 0 aliphatic carbocycles. The van der Waals surface area contributed by atoms with Crippen LogP contribution in [0.2, 0.25) is 0 Å². The van der Waals surface area contributed by atoms with Gasteiger partial charge in [0, 0.05) is 25.8 Å². The van der Waals surface area contributed by atoms with Gasteiger partial charge in [-0.05, 0) is 25.3 Å². The molecule has 0 bridgehead atoms. The molecule has 136 valence electrons. The number of nitrogens with one attached hydrogen (secondary N) is 1. The molecule has 2 unspecified atom stereocenters. The van der Waals surface area contributed by atoms with Gasteiger partial charge >= 0.3 is 0 Å². The zero-order valence-electron chi connectivity index (χ0n) is 14.9. The SMILES string of the molecule is CC(O)C(C#N)C(=O)N1C[C@H](C)[C@@]12CCN(c1ncnc3[nH]ccc13)C2. The van der Waals surface area contributed by atoms with Gasteiger partial charge in [0.05, 0.1) is 23.1 Å². The molecule has 1 spiro atoms. The van der Waals surface area contributed by atoms with Crippen molar-refractivity contribution in [1.29, 1.82) is 5.26 Å². The zero-order valence-corrected chi connectivity index (χ0v) is 14.9. The first kappa shape index (κ1) is 16.8. The number of hydrogen-bond acceptors (Lipinski definition) is 6. The predicted octanol–water partition coefficient (Wildman–Crippen LogP) is 0.906. The standard InChI is InChI=1S/C18H22N6O2/c1-11-8-24(17(26)14(7-19)12(2)25)18(11)4-6-23(9-18)16-13-3-5-20-15(13)21-10-22-16/h3,5,10-12,14,25H,4,6,8-9H2,1-2H3,(H,20,21,22)/t11-,12?,14?,18-/m0/s1. The summed E-state index contributed by atoms with van der Waals surface area (Å²) in [5.74, 6) is -0.0684. The molecule has 0 saturated carbocycles. The molecule has 2 N–H and O–H groups in total. The molecule has 2 aliphatic rings. The van der Waals surface area contributed by atoms with Crippen LogP contribution in [0.4, 0.5) is 5.82 Å². The van der Waals surface area contributed by atoms with Crippen molar-refractivity contribution in [3.8, 4) is 6.07 Å². The minimum absolute atomic E-state index is 0.267. The molecule has 0 radical (unpaired) electrons. The maximum absolute atomic E-state index is 12.8. The smallest absolute Gasteiger partial charge is 0.243 e. The highest BCUT2D eigenvalue weighted by molar-refractivity contribution is 5.88. The third-order valence-electron chi connectivity index (χ3n) is 5.98. The third kappa shape index (κ3) is 2.27. The van der Waals surface area contributed by atoms with Gasteiger partial charge in [0.1, 0.15) is 17.8 Å². The van der Waals surface area contributed by atoms with E-state index in [0.29, 0.717) is 19.0 Å². The summed E-state index contributed by atoms with van der Waals surface area (Å²) in [7, 11) is 0. The van der Waals surface area contributed by atoms with Gasteiger partial charge in [-0.15, -0.1) is 0 Å². The van der Waals surface area contributed by atoms with E-state index >= 15 is 0 Å². The summed E-state index contributed by atoms with van der Waals surface area (Å²) >= 11 is 0. The van der Waals surface area contributed by atoms with Crippen molar-refractivity contribution in [1.82, 2.24) is 19.9 Å². The Kier molecular flexibility index (Phi) is 3.84. The molecule has 2 aromatic rings. The average Bonchev–Trinajstić information content (AvgIpc) is 3.27. The van der Waals surface area contributed by atoms with Crippen LogP contribution in [0.1, 0.15) is 20.3 Å². The third-order valence-corrected chi connectivity index (χ3v) is 5.98. The number of aliphatic hydroxyl groups excluding tert-OH is 1. The van der Waals surface area contributed by atoms with Crippen molar-refractivity contribution in [2.75, 3.05) is 24.5 Å². The van der Waals surface area contributed by atoms with Crippen molar-refractivity contribution in [3.05, 3.63) is 18.6 Å². The van der Waals surface area contributed by atoms with Gasteiger partial charge in [-0.25, -0.2) is 9.97 Å². The first-order valence-electron chi connectivity index (χ1n) is 8.90. The molecular formula is C18H22N6O2. The van der Waals surface area contributed by atoms with E-state index in [1.807, 2.05) is 18.3 Å². The second kappa shape index (κ2) is 5.95. The lowest BCUT2D eigenvalue weighted by Gasteiger charge is -2.56. The topological polar surface area (TPSA) is 109 Å². The summed E-state index contributed by atoms with van der Waals surface area (Å²) in [4.78, 5) is 28.6. The van der Waals surface area contributed by atoms with E-state index in [2.05, 4.69) is 26.8 Å². The number of anilines is 1. The molecule has 4 heterocycles. The summed E-state index contributed by atoms with van der Waals surface area (Å²) in [5.41, 5.74) is 0.499. The Morgan fingerprint density at radius 1 is 1.54 bits per heavy atom. The Hall–Kier alpha value is -2.66. The van der Waals surface area contributed by atoms with E-state index < -0.39 is 12.0 Å². The van der Waals surface area contributed by atoms with Crippen LogP contribution in [0.25, 0.3) is 11.0 Å². The van der Waals surface area contributed by atoms with Crippen LogP contribution in [-0.2, 0) is 4.79 Å². The molecule has 4 rings (SSSR count). The summed E-state index contributed by atoms with van der Waals surface area (Å²) in [6.45, 7) is 5.72. The fraction of sp³-hybridized carbons (Fsp3) is 0.556. The Morgan fingerprint density at radius 3 is 3.04 bits per heavy atom. The fourth-order valence-electron chi connectivity index (χ4n) is 4.36. The van der Waals surface area contributed by atoms with Gasteiger partial charge < -0.3 is 19.9 Å². The quantitative estimate of drug-likeness (QED) is 0.848. The number of nitrogens with zero attached hydrogens (tertiary/aromatic N) is 5. The van der Waals surface area contributed by atoms with Crippen LogP contribution in [0.15, 0.2) is 18.6 Å². The summed E-state index contributed by atoms with van der Waals surface area (Å²) in [6, 6.07) is 3.92.